The summed E-state index contributed by atoms with van der Waals surface area (Å²) >= 11 is 6.88. The summed E-state index contributed by atoms with van der Waals surface area (Å²) < 4.78 is -1.68. The third kappa shape index (κ3) is 3.10. The summed E-state index contributed by atoms with van der Waals surface area (Å²) in [7, 11) is 0. The van der Waals surface area contributed by atoms with Gasteiger partial charge in [-0.3, -0.25) is 20.2 Å². The highest BCUT2D eigenvalue weighted by atomic mass is 35.5. The smallest absolute Gasteiger partial charge is 0.351 e. The van der Waals surface area contributed by atoms with Crippen LogP contribution in [0.15, 0.2) is 35.6 Å². The molecular formula is C13H10ClN5O4S. The normalized spacial score (nSPS) is 18.9. The maximum absolute atomic E-state index is 11.1. The van der Waals surface area contributed by atoms with Gasteiger partial charge in [0, 0.05) is 24.2 Å². The Labute approximate surface area is 144 Å². The molecule has 11 heteroatoms. The van der Waals surface area contributed by atoms with Gasteiger partial charge < -0.3 is 5.32 Å². The van der Waals surface area contributed by atoms with Crippen molar-refractivity contribution in [3.05, 3.63) is 61.9 Å². The summed E-state index contributed by atoms with van der Waals surface area (Å²) in [5.41, 5.74) is 1.25. The highest BCUT2D eigenvalue weighted by molar-refractivity contribution is 8.01. The SMILES string of the molecule is O=[N+]([O-])c1cccc(CNc2ncnc3c2CC(Cl)([N+](=O)[O-])S3)c1. The second-order valence-corrected chi connectivity index (χ2v) is 7.13. The Morgan fingerprint density at radius 3 is 2.83 bits per heavy atom. The van der Waals surface area contributed by atoms with Crippen molar-refractivity contribution in [1.82, 2.24) is 9.97 Å². The second-order valence-electron chi connectivity index (χ2n) is 5.01. The molecule has 1 aliphatic rings. The number of fused-ring (bicyclic) bond motifs is 1. The summed E-state index contributed by atoms with van der Waals surface area (Å²) in [6.45, 7) is 0.281. The van der Waals surface area contributed by atoms with Crippen molar-refractivity contribution in [1.29, 1.82) is 0 Å². The second kappa shape index (κ2) is 6.21. The van der Waals surface area contributed by atoms with Crippen LogP contribution in [0.2, 0.25) is 0 Å². The summed E-state index contributed by atoms with van der Waals surface area (Å²) in [4.78, 5) is 29.0. The van der Waals surface area contributed by atoms with Crippen molar-refractivity contribution in [2.24, 2.45) is 0 Å². The molecule has 0 fully saturated rings. The molecule has 2 aromatic rings. The van der Waals surface area contributed by atoms with Gasteiger partial charge in [0.1, 0.15) is 17.2 Å². The fraction of sp³-hybridized carbons (Fsp3) is 0.231. The van der Waals surface area contributed by atoms with Gasteiger partial charge in [0.2, 0.25) is 0 Å². The lowest BCUT2D eigenvalue weighted by atomic mass is 10.2. The van der Waals surface area contributed by atoms with E-state index in [0.29, 0.717) is 22.0 Å². The molecule has 9 nitrogen and oxygen atoms in total. The zero-order valence-corrected chi connectivity index (χ0v) is 13.6. The molecule has 0 spiro atoms. The Morgan fingerprint density at radius 1 is 1.33 bits per heavy atom. The number of alkyl halides is 1. The molecule has 0 saturated carbocycles. The molecule has 0 radical (unpaired) electrons. The van der Waals surface area contributed by atoms with Gasteiger partial charge in [-0.1, -0.05) is 12.1 Å². The van der Waals surface area contributed by atoms with E-state index in [0.717, 1.165) is 11.8 Å². The van der Waals surface area contributed by atoms with E-state index in [9.17, 15) is 20.2 Å². The Balaban J connectivity index is 1.79. The largest absolute Gasteiger partial charge is 0.366 e. The Kier molecular flexibility index (Phi) is 4.24. The van der Waals surface area contributed by atoms with Crippen molar-refractivity contribution in [3.8, 4) is 0 Å². The summed E-state index contributed by atoms with van der Waals surface area (Å²) in [5.74, 6) is 0.434. The maximum atomic E-state index is 11.1. The van der Waals surface area contributed by atoms with Crippen LogP contribution in [-0.4, -0.2) is 24.1 Å². The third-order valence-corrected chi connectivity index (χ3v) is 5.06. The number of benzene rings is 1. The third-order valence-electron chi connectivity index (χ3n) is 3.41. The first-order chi connectivity index (χ1) is 11.4. The van der Waals surface area contributed by atoms with Gasteiger partial charge in [0.25, 0.3) is 5.69 Å². The van der Waals surface area contributed by atoms with Crippen molar-refractivity contribution in [2.45, 2.75) is 22.3 Å². The van der Waals surface area contributed by atoms with E-state index >= 15 is 0 Å². The number of nitrogens with zero attached hydrogens (tertiary/aromatic N) is 4. The van der Waals surface area contributed by atoms with Crippen LogP contribution in [0.25, 0.3) is 0 Å². The van der Waals surface area contributed by atoms with E-state index in [1.54, 1.807) is 12.1 Å². The number of anilines is 1. The Morgan fingerprint density at radius 2 is 2.12 bits per heavy atom. The number of thioether (sulfide) groups is 1. The van der Waals surface area contributed by atoms with Gasteiger partial charge in [-0.25, -0.2) is 9.97 Å². The summed E-state index contributed by atoms with van der Waals surface area (Å²) in [6.07, 6.45) is 1.28. The zero-order valence-electron chi connectivity index (χ0n) is 12.0. The molecule has 24 heavy (non-hydrogen) atoms. The van der Waals surface area contributed by atoms with Gasteiger partial charge >= 0.3 is 4.33 Å². The van der Waals surface area contributed by atoms with E-state index in [2.05, 4.69) is 15.3 Å². The molecule has 1 aromatic heterocycles. The predicted molar refractivity (Wildman–Crippen MR) is 87.6 cm³/mol. The van der Waals surface area contributed by atoms with Crippen molar-refractivity contribution in [2.75, 3.05) is 5.32 Å². The van der Waals surface area contributed by atoms with Crippen LogP contribution in [0, 0.1) is 20.2 Å². The average molecular weight is 368 g/mol. The molecule has 1 unspecified atom stereocenters. The van der Waals surface area contributed by atoms with Crippen molar-refractivity contribution < 1.29 is 9.85 Å². The number of nitro benzene ring substituents is 1. The number of hydrogen-bond donors (Lipinski definition) is 1. The van der Waals surface area contributed by atoms with E-state index in [1.165, 1.54) is 18.5 Å². The molecule has 0 bridgehead atoms. The monoisotopic (exact) mass is 367 g/mol. The molecule has 124 valence electrons. The van der Waals surface area contributed by atoms with Crippen LogP contribution >= 0.6 is 23.4 Å². The number of halogens is 1. The molecule has 1 N–H and O–H groups in total. The average Bonchev–Trinajstić information content (AvgIpc) is 2.91. The fourth-order valence-corrected chi connectivity index (χ4v) is 3.60. The molecular weight excluding hydrogens is 358 g/mol. The molecule has 1 atom stereocenters. The topological polar surface area (TPSA) is 124 Å². The van der Waals surface area contributed by atoms with Crippen molar-refractivity contribution >= 4 is 34.9 Å². The molecule has 0 aliphatic carbocycles. The number of rotatable bonds is 5. The summed E-state index contributed by atoms with van der Waals surface area (Å²) in [5, 5.41) is 25.4. The fourth-order valence-electron chi connectivity index (χ4n) is 2.27. The standard InChI is InChI=1S/C13H10ClN5O4S/c14-13(19(22)23)5-10-11(16-7-17-12(10)24-13)15-6-8-2-1-3-9(4-8)18(20)21/h1-4,7H,5-6H2,(H,15,16,17). The van der Waals surface area contributed by atoms with E-state index in [-0.39, 0.29) is 18.7 Å². The number of aromatic nitrogens is 2. The molecule has 0 amide bonds. The minimum absolute atomic E-state index is 0.00843. The van der Waals surface area contributed by atoms with E-state index in [4.69, 9.17) is 11.6 Å². The van der Waals surface area contributed by atoms with Gasteiger partial charge in [0.05, 0.1) is 16.3 Å². The molecule has 1 aromatic carbocycles. The summed E-state index contributed by atoms with van der Waals surface area (Å²) in [6, 6.07) is 6.18. The molecule has 2 heterocycles. The van der Waals surface area contributed by atoms with Gasteiger partial charge in [-0.15, -0.1) is 0 Å². The zero-order chi connectivity index (χ0) is 17.3. The van der Waals surface area contributed by atoms with E-state index < -0.39 is 14.2 Å². The Bertz CT molecular complexity index is 836. The van der Waals surface area contributed by atoms with Crippen molar-refractivity contribution in [3.63, 3.8) is 0 Å². The molecule has 3 rings (SSSR count). The van der Waals surface area contributed by atoms with Crippen LogP contribution < -0.4 is 5.32 Å². The number of hydrogen-bond acceptors (Lipinski definition) is 8. The van der Waals surface area contributed by atoms with Gasteiger partial charge in [0.15, 0.2) is 0 Å². The molecule has 1 aliphatic heterocycles. The maximum Gasteiger partial charge on any atom is 0.351 e. The number of non-ortho nitro benzene ring substituents is 1. The highest BCUT2D eigenvalue weighted by Gasteiger charge is 2.50. The minimum Gasteiger partial charge on any atom is -0.366 e. The first kappa shape index (κ1) is 16.4. The lowest BCUT2D eigenvalue weighted by Crippen LogP contribution is -2.26. The van der Waals surface area contributed by atoms with Gasteiger partial charge in [-0.05, 0) is 28.9 Å². The molecule has 0 saturated heterocycles. The lowest BCUT2D eigenvalue weighted by molar-refractivity contribution is -0.511. The quantitative estimate of drug-likeness (QED) is 0.281. The van der Waals surface area contributed by atoms with Gasteiger partial charge in [-0.2, -0.15) is 0 Å². The Hall–Kier alpha value is -2.46. The highest BCUT2D eigenvalue weighted by Crippen LogP contribution is 2.48. The van der Waals surface area contributed by atoms with Crippen LogP contribution in [0.3, 0.4) is 0 Å². The van der Waals surface area contributed by atoms with Crippen LogP contribution in [0.4, 0.5) is 11.5 Å². The van der Waals surface area contributed by atoms with Crippen LogP contribution in [-0.2, 0) is 13.0 Å². The lowest BCUT2D eigenvalue weighted by Gasteiger charge is -2.10. The van der Waals surface area contributed by atoms with Crippen LogP contribution in [0.5, 0.6) is 0 Å². The first-order valence-electron chi connectivity index (χ1n) is 6.72. The first-order valence-corrected chi connectivity index (χ1v) is 7.92. The minimum atomic E-state index is -1.68. The number of nitro groups is 2. The predicted octanol–water partition coefficient (Wildman–Crippen LogP) is 2.81. The van der Waals surface area contributed by atoms with E-state index in [1.807, 2.05) is 0 Å². The number of nitrogens with one attached hydrogen (secondary N) is 1. The van der Waals surface area contributed by atoms with Crippen LogP contribution in [0.1, 0.15) is 11.1 Å².